The minimum atomic E-state index is -3.16. The third-order valence-electron chi connectivity index (χ3n) is 7.04. The number of amides is 1. The Morgan fingerprint density at radius 1 is 0.974 bits per heavy atom. The molecule has 1 aliphatic carbocycles. The summed E-state index contributed by atoms with van der Waals surface area (Å²) in [6, 6.07) is 12.9. The van der Waals surface area contributed by atoms with Crippen molar-refractivity contribution in [3.63, 3.8) is 0 Å². The number of hydrogen-bond donors (Lipinski definition) is 2. The van der Waals surface area contributed by atoms with Gasteiger partial charge in [0.1, 0.15) is 5.56 Å². The van der Waals surface area contributed by atoms with Crippen LogP contribution >= 0.6 is 23.2 Å². The third-order valence-corrected chi connectivity index (χ3v) is 9.67. The highest BCUT2D eigenvalue weighted by Gasteiger charge is 2.37. The average Bonchev–Trinajstić information content (AvgIpc) is 3.77. The van der Waals surface area contributed by atoms with Gasteiger partial charge >= 0.3 is 0 Å². The summed E-state index contributed by atoms with van der Waals surface area (Å²) >= 11 is 12.5. The van der Waals surface area contributed by atoms with E-state index in [0.29, 0.717) is 21.7 Å². The molecule has 2 aliphatic heterocycles. The second-order valence-corrected chi connectivity index (χ2v) is 12.6. The summed E-state index contributed by atoms with van der Waals surface area (Å²) in [6.07, 6.45) is 4.50. The van der Waals surface area contributed by atoms with Gasteiger partial charge in [-0.2, -0.15) is 4.98 Å². The van der Waals surface area contributed by atoms with Crippen molar-refractivity contribution >= 4 is 62.1 Å². The van der Waals surface area contributed by atoms with Crippen LogP contribution in [0.2, 0.25) is 10.0 Å². The standard InChI is InChI=1S/C26H26Cl2N6O4S/c27-21-2-1-3-22(28)23(21)34-15-38-24-20(25(34)35)14-29-26(31-24)30-16-4-6-18(7-5-16)33-12-10-17(11-13-33)32-39(36,37)19-8-9-19/h1-7,14,17,19,32H,8-13,15H2,(H,29,30,31). The molecule has 2 N–H and O–H groups in total. The first-order chi connectivity index (χ1) is 18.8. The molecule has 0 atom stereocenters. The number of aromatic nitrogens is 2. The van der Waals surface area contributed by atoms with Gasteiger partial charge in [-0.25, -0.2) is 18.1 Å². The minimum Gasteiger partial charge on any atom is -0.455 e. The number of rotatable bonds is 7. The van der Waals surface area contributed by atoms with E-state index in [-0.39, 0.29) is 35.4 Å². The minimum absolute atomic E-state index is 0.00297. The van der Waals surface area contributed by atoms with Crippen LogP contribution in [0.1, 0.15) is 36.0 Å². The van der Waals surface area contributed by atoms with Gasteiger partial charge in [-0.3, -0.25) is 9.69 Å². The van der Waals surface area contributed by atoms with Gasteiger partial charge in [0.2, 0.25) is 21.9 Å². The van der Waals surface area contributed by atoms with Crippen LogP contribution in [0.15, 0.2) is 48.7 Å². The highest BCUT2D eigenvalue weighted by Crippen LogP contribution is 2.37. The lowest BCUT2D eigenvalue weighted by Crippen LogP contribution is -2.45. The topological polar surface area (TPSA) is 117 Å². The van der Waals surface area contributed by atoms with Gasteiger partial charge in [0.25, 0.3) is 5.91 Å². The molecule has 1 saturated carbocycles. The Labute approximate surface area is 236 Å². The Morgan fingerprint density at radius 2 is 1.67 bits per heavy atom. The fourth-order valence-corrected chi connectivity index (χ4v) is 7.02. The molecule has 39 heavy (non-hydrogen) atoms. The van der Waals surface area contributed by atoms with Crippen LogP contribution in [0.5, 0.6) is 5.88 Å². The number of piperidine rings is 1. The summed E-state index contributed by atoms with van der Waals surface area (Å²) in [5, 5.41) is 3.64. The molecule has 2 fully saturated rings. The van der Waals surface area contributed by atoms with Gasteiger partial charge in [-0.05, 0) is 62.1 Å². The average molecular weight is 590 g/mol. The Kier molecular flexibility index (Phi) is 7.00. The number of nitrogens with one attached hydrogen (secondary N) is 2. The number of nitrogens with zero attached hydrogens (tertiary/aromatic N) is 4. The van der Waals surface area contributed by atoms with Gasteiger partial charge in [0, 0.05) is 36.7 Å². The molecule has 10 nitrogen and oxygen atoms in total. The summed E-state index contributed by atoms with van der Waals surface area (Å²) in [7, 11) is -3.16. The summed E-state index contributed by atoms with van der Waals surface area (Å²) in [5.74, 6) is 0.113. The van der Waals surface area contributed by atoms with E-state index in [1.807, 2.05) is 24.3 Å². The highest BCUT2D eigenvalue weighted by atomic mass is 35.5. The van der Waals surface area contributed by atoms with Crippen molar-refractivity contribution in [2.45, 2.75) is 37.0 Å². The van der Waals surface area contributed by atoms with E-state index in [4.69, 9.17) is 27.9 Å². The normalized spacial score (nSPS) is 18.1. The predicted octanol–water partition coefficient (Wildman–Crippen LogP) is 4.57. The van der Waals surface area contributed by atoms with Crippen LogP contribution in [0.25, 0.3) is 0 Å². The van der Waals surface area contributed by atoms with Crippen molar-refractivity contribution < 1.29 is 17.9 Å². The third kappa shape index (κ3) is 5.49. The van der Waals surface area contributed by atoms with Gasteiger partial charge in [-0.1, -0.05) is 29.3 Å². The lowest BCUT2D eigenvalue weighted by atomic mass is 10.1. The molecule has 0 bridgehead atoms. The Morgan fingerprint density at radius 3 is 2.33 bits per heavy atom. The molecule has 3 aliphatic rings. The van der Waals surface area contributed by atoms with Gasteiger partial charge < -0.3 is 15.0 Å². The van der Waals surface area contributed by atoms with Crippen molar-refractivity contribution in [3.05, 3.63) is 64.3 Å². The first-order valence-corrected chi connectivity index (χ1v) is 15.0. The fourth-order valence-electron chi connectivity index (χ4n) is 4.77. The summed E-state index contributed by atoms with van der Waals surface area (Å²) in [4.78, 5) is 25.4. The smallest absolute Gasteiger partial charge is 0.268 e. The predicted molar refractivity (Wildman–Crippen MR) is 151 cm³/mol. The molecule has 1 amide bonds. The number of sulfonamides is 1. The quantitative estimate of drug-likeness (QED) is 0.412. The molecule has 0 spiro atoms. The van der Waals surface area contributed by atoms with Crippen molar-refractivity contribution in [1.29, 1.82) is 0 Å². The number of hydrogen-bond acceptors (Lipinski definition) is 8. The number of carbonyl (C=O) groups is 1. The van der Waals surface area contributed by atoms with E-state index in [1.54, 1.807) is 18.2 Å². The maximum absolute atomic E-state index is 13.1. The molecule has 1 aromatic heterocycles. The lowest BCUT2D eigenvalue weighted by Gasteiger charge is -2.34. The summed E-state index contributed by atoms with van der Waals surface area (Å²) in [5.41, 5.74) is 2.42. The maximum Gasteiger partial charge on any atom is 0.268 e. The zero-order chi connectivity index (χ0) is 27.1. The second kappa shape index (κ2) is 10.5. The van der Waals surface area contributed by atoms with Crippen molar-refractivity contribution in [2.75, 3.05) is 34.9 Å². The number of ether oxygens (including phenoxy) is 1. The lowest BCUT2D eigenvalue weighted by molar-refractivity contribution is 0.0932. The summed E-state index contributed by atoms with van der Waals surface area (Å²) < 4.78 is 33.1. The Bertz CT molecular complexity index is 1490. The number of halogens is 2. The second-order valence-electron chi connectivity index (χ2n) is 9.78. The molecule has 3 aromatic rings. The SMILES string of the molecule is O=C1c2cnc(Nc3ccc(N4CCC(NS(=O)(=O)C5CC5)CC4)cc3)nc2OCN1c1c(Cl)cccc1Cl. The Hall–Kier alpha value is -3.12. The zero-order valence-corrected chi connectivity index (χ0v) is 23.1. The molecule has 2 aromatic carbocycles. The van der Waals surface area contributed by atoms with Crippen LogP contribution in [0.3, 0.4) is 0 Å². The molecular formula is C26H26Cl2N6O4S. The number of benzene rings is 2. The number of para-hydroxylation sites is 1. The van der Waals surface area contributed by atoms with E-state index in [0.717, 1.165) is 50.1 Å². The fraction of sp³-hybridized carbons (Fsp3) is 0.346. The summed E-state index contributed by atoms with van der Waals surface area (Å²) in [6.45, 7) is 1.47. The molecule has 0 radical (unpaired) electrons. The first-order valence-electron chi connectivity index (χ1n) is 12.7. The molecule has 0 unspecified atom stereocenters. The van der Waals surface area contributed by atoms with E-state index in [1.165, 1.54) is 11.1 Å². The molecule has 3 heterocycles. The molecule has 6 rings (SSSR count). The van der Waals surface area contributed by atoms with E-state index in [2.05, 4.69) is 24.9 Å². The van der Waals surface area contributed by atoms with Gasteiger partial charge in [0.05, 0.1) is 21.0 Å². The van der Waals surface area contributed by atoms with Crippen molar-refractivity contribution in [3.8, 4) is 5.88 Å². The van der Waals surface area contributed by atoms with Crippen LogP contribution in [-0.4, -0.2) is 55.4 Å². The van der Waals surface area contributed by atoms with Crippen LogP contribution in [0.4, 0.5) is 23.0 Å². The highest BCUT2D eigenvalue weighted by molar-refractivity contribution is 7.90. The molecule has 13 heteroatoms. The molecular weight excluding hydrogens is 563 g/mol. The molecule has 1 saturated heterocycles. The number of fused-ring (bicyclic) bond motifs is 1. The van der Waals surface area contributed by atoms with Crippen molar-refractivity contribution in [1.82, 2.24) is 14.7 Å². The van der Waals surface area contributed by atoms with Gasteiger partial charge in [0.15, 0.2) is 6.73 Å². The van der Waals surface area contributed by atoms with Crippen LogP contribution in [-0.2, 0) is 10.0 Å². The van der Waals surface area contributed by atoms with Crippen molar-refractivity contribution in [2.24, 2.45) is 0 Å². The molecule has 204 valence electrons. The first kappa shape index (κ1) is 26.1. The van der Waals surface area contributed by atoms with Gasteiger partial charge in [-0.15, -0.1) is 0 Å². The number of carbonyl (C=O) groups excluding carboxylic acids is 1. The maximum atomic E-state index is 13.1. The van der Waals surface area contributed by atoms with E-state index in [9.17, 15) is 13.2 Å². The van der Waals surface area contributed by atoms with Crippen LogP contribution < -0.4 is 24.6 Å². The van der Waals surface area contributed by atoms with E-state index < -0.39 is 10.0 Å². The monoisotopic (exact) mass is 588 g/mol. The zero-order valence-electron chi connectivity index (χ0n) is 20.8. The Balaban J connectivity index is 1.08. The van der Waals surface area contributed by atoms with E-state index >= 15 is 0 Å². The van der Waals surface area contributed by atoms with Crippen LogP contribution in [0, 0.1) is 0 Å². The number of anilines is 4. The largest absolute Gasteiger partial charge is 0.455 e.